The molecule has 2 rings (SSSR count). The first-order valence-corrected chi connectivity index (χ1v) is 6.08. The molecule has 1 aromatic carbocycles. The summed E-state index contributed by atoms with van der Waals surface area (Å²) in [6.45, 7) is 1.81. The Morgan fingerprint density at radius 3 is 2.78 bits per heavy atom. The van der Waals surface area contributed by atoms with E-state index in [1.807, 2.05) is 6.92 Å². The Kier molecular flexibility index (Phi) is 3.38. The highest BCUT2D eigenvalue weighted by atomic mass is 79.9. The van der Waals surface area contributed by atoms with Gasteiger partial charge in [-0.25, -0.2) is 0 Å². The largest absolute Gasteiger partial charge is 0.508 e. The van der Waals surface area contributed by atoms with Crippen molar-refractivity contribution in [1.29, 1.82) is 0 Å². The summed E-state index contributed by atoms with van der Waals surface area (Å²) < 4.78 is 2.18. The molecule has 0 bridgehead atoms. The molecule has 2 aromatic rings. The number of hydrogen-bond acceptors (Lipinski definition) is 3. The molecule has 0 aliphatic carbocycles. The Morgan fingerprint density at radius 1 is 1.50 bits per heavy atom. The van der Waals surface area contributed by atoms with Crippen LogP contribution in [0.2, 0.25) is 0 Å². The van der Waals surface area contributed by atoms with Crippen LogP contribution in [0.25, 0.3) is 0 Å². The van der Waals surface area contributed by atoms with Crippen LogP contribution in [-0.2, 0) is 7.05 Å². The third-order valence-corrected chi connectivity index (χ3v) is 3.42. The number of phenols is 1. The summed E-state index contributed by atoms with van der Waals surface area (Å²) in [6.07, 6.45) is 0. The zero-order chi connectivity index (χ0) is 13.3. The van der Waals surface area contributed by atoms with Crippen molar-refractivity contribution in [3.8, 4) is 5.75 Å². The maximum absolute atomic E-state index is 12.1. The van der Waals surface area contributed by atoms with E-state index in [1.165, 1.54) is 10.7 Å². The Balaban J connectivity index is 2.27. The molecule has 0 saturated carbocycles. The third kappa shape index (κ3) is 2.38. The Bertz CT molecular complexity index is 607. The van der Waals surface area contributed by atoms with Gasteiger partial charge in [0.25, 0.3) is 5.91 Å². The second-order valence-electron chi connectivity index (χ2n) is 3.88. The zero-order valence-corrected chi connectivity index (χ0v) is 11.5. The van der Waals surface area contributed by atoms with Gasteiger partial charge in [0.05, 0.1) is 10.2 Å². The number of amides is 1. The number of anilines is 1. The second-order valence-corrected chi connectivity index (χ2v) is 4.67. The third-order valence-electron chi connectivity index (χ3n) is 2.47. The monoisotopic (exact) mass is 309 g/mol. The predicted molar refractivity (Wildman–Crippen MR) is 71.7 cm³/mol. The van der Waals surface area contributed by atoms with E-state index in [-0.39, 0.29) is 11.7 Å². The van der Waals surface area contributed by atoms with E-state index >= 15 is 0 Å². The molecule has 6 heteroatoms. The first kappa shape index (κ1) is 12.6. The van der Waals surface area contributed by atoms with Crippen LogP contribution >= 0.6 is 15.9 Å². The number of carbonyl (C=O) groups excluding carboxylic acids is 1. The van der Waals surface area contributed by atoms with E-state index < -0.39 is 0 Å². The van der Waals surface area contributed by atoms with Crippen LogP contribution in [0.5, 0.6) is 5.75 Å². The van der Waals surface area contributed by atoms with Crippen molar-refractivity contribution < 1.29 is 9.90 Å². The fourth-order valence-electron chi connectivity index (χ4n) is 1.65. The average Bonchev–Trinajstić information content (AvgIpc) is 2.53. The molecule has 0 aliphatic heterocycles. The maximum atomic E-state index is 12.1. The van der Waals surface area contributed by atoms with Gasteiger partial charge < -0.3 is 10.4 Å². The van der Waals surface area contributed by atoms with Gasteiger partial charge in [-0.2, -0.15) is 5.10 Å². The van der Waals surface area contributed by atoms with Gasteiger partial charge >= 0.3 is 0 Å². The standard InChI is InChI=1S/C12H12BrN3O2/c1-7-10(13)11(16(2)15-7)12(18)14-8-4-3-5-9(17)6-8/h3-6,17H,1-2H3,(H,14,18). The lowest BCUT2D eigenvalue weighted by molar-refractivity contribution is 0.101. The molecule has 1 aromatic heterocycles. The molecule has 2 N–H and O–H groups in total. The van der Waals surface area contributed by atoms with Gasteiger partial charge in [0.15, 0.2) is 0 Å². The predicted octanol–water partition coefficient (Wildman–Crippen LogP) is 2.45. The van der Waals surface area contributed by atoms with Crippen molar-refractivity contribution in [3.05, 3.63) is 40.1 Å². The molecule has 0 aliphatic rings. The minimum Gasteiger partial charge on any atom is -0.508 e. The summed E-state index contributed by atoms with van der Waals surface area (Å²) in [5.74, 6) is -0.177. The average molecular weight is 310 g/mol. The van der Waals surface area contributed by atoms with E-state index in [2.05, 4.69) is 26.3 Å². The second kappa shape index (κ2) is 4.81. The highest BCUT2D eigenvalue weighted by Gasteiger charge is 2.18. The van der Waals surface area contributed by atoms with Crippen LogP contribution in [0.1, 0.15) is 16.2 Å². The van der Waals surface area contributed by atoms with Crippen molar-refractivity contribution in [1.82, 2.24) is 9.78 Å². The normalized spacial score (nSPS) is 10.4. The summed E-state index contributed by atoms with van der Waals surface area (Å²) in [6, 6.07) is 6.39. The van der Waals surface area contributed by atoms with Crippen molar-refractivity contribution in [2.24, 2.45) is 7.05 Å². The zero-order valence-electron chi connectivity index (χ0n) is 9.94. The van der Waals surface area contributed by atoms with Crippen molar-refractivity contribution in [3.63, 3.8) is 0 Å². The summed E-state index contributed by atoms with van der Waals surface area (Å²) in [5.41, 5.74) is 1.72. The summed E-state index contributed by atoms with van der Waals surface area (Å²) in [4.78, 5) is 12.1. The van der Waals surface area contributed by atoms with Gasteiger partial charge in [0, 0.05) is 18.8 Å². The fourth-order valence-corrected chi connectivity index (χ4v) is 2.17. The van der Waals surface area contributed by atoms with Crippen LogP contribution in [0.3, 0.4) is 0 Å². The van der Waals surface area contributed by atoms with Crippen LogP contribution in [0.15, 0.2) is 28.7 Å². The number of nitrogens with one attached hydrogen (secondary N) is 1. The first-order valence-electron chi connectivity index (χ1n) is 5.28. The number of benzene rings is 1. The molecule has 0 fully saturated rings. The number of phenolic OH excluding ortho intramolecular Hbond substituents is 1. The number of halogens is 1. The first-order chi connectivity index (χ1) is 8.49. The van der Waals surface area contributed by atoms with Gasteiger partial charge in [-0.05, 0) is 35.0 Å². The lowest BCUT2D eigenvalue weighted by Crippen LogP contribution is -2.16. The van der Waals surface area contributed by atoms with E-state index in [1.54, 1.807) is 25.2 Å². The van der Waals surface area contributed by atoms with Crippen LogP contribution in [0, 0.1) is 6.92 Å². The van der Waals surface area contributed by atoms with Gasteiger partial charge in [-0.15, -0.1) is 0 Å². The quantitative estimate of drug-likeness (QED) is 0.895. The number of aryl methyl sites for hydroxylation is 2. The molecule has 94 valence electrons. The van der Waals surface area contributed by atoms with Crippen LogP contribution < -0.4 is 5.32 Å². The number of carbonyl (C=O) groups is 1. The highest BCUT2D eigenvalue weighted by molar-refractivity contribution is 9.10. The number of rotatable bonds is 2. The van der Waals surface area contributed by atoms with E-state index in [0.717, 1.165) is 5.69 Å². The Labute approximate surface area is 113 Å². The highest BCUT2D eigenvalue weighted by Crippen LogP contribution is 2.22. The fraction of sp³-hybridized carbons (Fsp3) is 0.167. The van der Waals surface area contributed by atoms with Gasteiger partial charge in [0.1, 0.15) is 11.4 Å². The molecular weight excluding hydrogens is 298 g/mol. The topological polar surface area (TPSA) is 67.2 Å². The van der Waals surface area contributed by atoms with Gasteiger partial charge in [-0.3, -0.25) is 9.48 Å². The smallest absolute Gasteiger partial charge is 0.275 e. The summed E-state index contributed by atoms with van der Waals surface area (Å²) >= 11 is 3.34. The molecule has 0 radical (unpaired) electrons. The molecule has 0 atom stereocenters. The Hall–Kier alpha value is -1.82. The molecule has 1 heterocycles. The van der Waals surface area contributed by atoms with E-state index in [4.69, 9.17) is 0 Å². The van der Waals surface area contributed by atoms with E-state index in [9.17, 15) is 9.90 Å². The maximum Gasteiger partial charge on any atom is 0.275 e. The van der Waals surface area contributed by atoms with Crippen LogP contribution in [-0.4, -0.2) is 20.8 Å². The van der Waals surface area contributed by atoms with Gasteiger partial charge in [0.2, 0.25) is 0 Å². The number of nitrogens with zero attached hydrogens (tertiary/aromatic N) is 2. The minimum atomic E-state index is -0.282. The molecule has 1 amide bonds. The minimum absolute atomic E-state index is 0.105. The van der Waals surface area contributed by atoms with E-state index in [0.29, 0.717) is 15.9 Å². The van der Waals surface area contributed by atoms with Crippen molar-refractivity contribution in [2.75, 3.05) is 5.32 Å². The molecule has 0 spiro atoms. The molecule has 5 nitrogen and oxygen atoms in total. The number of aromatic hydroxyl groups is 1. The number of hydrogen-bond donors (Lipinski definition) is 2. The number of aromatic nitrogens is 2. The lowest BCUT2D eigenvalue weighted by atomic mass is 10.3. The molecule has 0 unspecified atom stereocenters. The molecule has 18 heavy (non-hydrogen) atoms. The molecule has 0 saturated heterocycles. The van der Waals surface area contributed by atoms with Crippen LogP contribution in [0.4, 0.5) is 5.69 Å². The SMILES string of the molecule is Cc1nn(C)c(C(=O)Nc2cccc(O)c2)c1Br. The summed E-state index contributed by atoms with van der Waals surface area (Å²) in [5, 5.41) is 16.2. The Morgan fingerprint density at radius 2 is 2.22 bits per heavy atom. The summed E-state index contributed by atoms with van der Waals surface area (Å²) in [7, 11) is 1.70. The van der Waals surface area contributed by atoms with Gasteiger partial charge in [-0.1, -0.05) is 6.07 Å². The van der Waals surface area contributed by atoms with Crippen molar-refractivity contribution >= 4 is 27.5 Å². The molecular formula is C12H12BrN3O2. The lowest BCUT2D eigenvalue weighted by Gasteiger charge is -2.06. The van der Waals surface area contributed by atoms with Crippen molar-refractivity contribution in [2.45, 2.75) is 6.92 Å².